The van der Waals surface area contributed by atoms with Crippen LogP contribution in [0.25, 0.3) is 0 Å². The number of benzene rings is 3. The predicted octanol–water partition coefficient (Wildman–Crippen LogP) is 3.10. The van der Waals surface area contributed by atoms with Crippen LogP contribution >= 0.6 is 23.5 Å². The smallest absolute Gasteiger partial charge is 0.261 e. The lowest BCUT2D eigenvalue weighted by Crippen LogP contribution is -2.31. The maximum atomic E-state index is 13.9. The van der Waals surface area contributed by atoms with Crippen LogP contribution < -0.4 is 26.7 Å². The SMILES string of the molecule is NC(=O)COc1c(F)cc(SCCN2C(=O)c3ccccc3C2=O)cc1F.NCCSc1cc(F)c(OCC(N)=O)c(F)c1. The molecule has 1 heterocycles. The van der Waals surface area contributed by atoms with Gasteiger partial charge in [0.25, 0.3) is 23.6 Å². The van der Waals surface area contributed by atoms with Crippen LogP contribution in [0.4, 0.5) is 17.6 Å². The highest BCUT2D eigenvalue weighted by Gasteiger charge is 2.34. The third-order valence-corrected chi connectivity index (χ3v) is 7.47. The van der Waals surface area contributed by atoms with Gasteiger partial charge in [0.05, 0.1) is 11.1 Å². The number of nitrogens with two attached hydrogens (primary N) is 3. The van der Waals surface area contributed by atoms with Crippen LogP contribution in [-0.4, -0.2) is 66.3 Å². The first-order valence-electron chi connectivity index (χ1n) is 12.6. The summed E-state index contributed by atoms with van der Waals surface area (Å²) in [5, 5.41) is 0. The molecular formula is C28H26F4N4O6S2. The maximum Gasteiger partial charge on any atom is 0.261 e. The van der Waals surface area contributed by atoms with Crippen LogP contribution in [0.3, 0.4) is 0 Å². The van der Waals surface area contributed by atoms with Gasteiger partial charge in [-0.3, -0.25) is 24.1 Å². The second-order valence-corrected chi connectivity index (χ2v) is 11.1. The molecule has 10 nitrogen and oxygen atoms in total. The van der Waals surface area contributed by atoms with Crippen molar-refractivity contribution < 1.29 is 46.2 Å². The average Bonchev–Trinajstić information content (AvgIpc) is 3.20. The van der Waals surface area contributed by atoms with E-state index in [2.05, 4.69) is 4.74 Å². The molecule has 6 N–H and O–H groups in total. The first kappa shape index (κ1) is 34.2. The number of imide groups is 1. The minimum absolute atomic E-state index is 0.0974. The molecule has 4 amide bonds. The van der Waals surface area contributed by atoms with E-state index in [9.17, 15) is 36.7 Å². The number of amides is 4. The molecule has 0 saturated carbocycles. The Hall–Kier alpha value is -4.28. The number of carbonyl (C=O) groups excluding carboxylic acids is 4. The number of hydrogen-bond donors (Lipinski definition) is 3. The molecule has 4 rings (SSSR count). The Morgan fingerprint density at radius 2 is 1.09 bits per heavy atom. The number of halogens is 4. The van der Waals surface area contributed by atoms with Gasteiger partial charge in [-0.25, -0.2) is 17.6 Å². The quantitative estimate of drug-likeness (QED) is 0.143. The van der Waals surface area contributed by atoms with Crippen molar-refractivity contribution in [1.29, 1.82) is 0 Å². The van der Waals surface area contributed by atoms with Crippen LogP contribution in [0.15, 0.2) is 58.3 Å². The molecule has 0 atom stereocenters. The van der Waals surface area contributed by atoms with Gasteiger partial charge in [-0.2, -0.15) is 0 Å². The van der Waals surface area contributed by atoms with Crippen molar-refractivity contribution in [1.82, 2.24) is 4.90 Å². The number of nitrogens with zero attached hydrogens (tertiary/aromatic N) is 1. The Balaban J connectivity index is 0.000000269. The van der Waals surface area contributed by atoms with E-state index >= 15 is 0 Å². The number of thioether (sulfide) groups is 2. The van der Waals surface area contributed by atoms with Crippen molar-refractivity contribution >= 4 is 47.2 Å². The standard InChI is InChI=1S/C18H14F2N2O4S.C10H12F2N2O2S/c19-13-7-10(8-14(20)16(13)26-9-15(21)23)27-6-5-22-17(24)11-3-1-2-4-12(11)18(22)25;11-7-3-6(17-2-1-13)4-8(12)10(7)16-5-9(14)15/h1-4,7-8H,5-6,9H2,(H2,21,23);3-4H,1-2,5,13H2,(H2,14,15). The van der Waals surface area contributed by atoms with Crippen LogP contribution in [-0.2, 0) is 9.59 Å². The predicted molar refractivity (Wildman–Crippen MR) is 154 cm³/mol. The summed E-state index contributed by atoms with van der Waals surface area (Å²) in [7, 11) is 0. The van der Waals surface area contributed by atoms with Gasteiger partial charge in [0, 0.05) is 34.4 Å². The van der Waals surface area contributed by atoms with Crippen molar-refractivity contribution in [2.45, 2.75) is 9.79 Å². The fourth-order valence-corrected chi connectivity index (χ4v) is 5.29. The molecule has 44 heavy (non-hydrogen) atoms. The lowest BCUT2D eigenvalue weighted by Gasteiger charge is -2.13. The largest absolute Gasteiger partial charge is 0.478 e. The van der Waals surface area contributed by atoms with Crippen LogP contribution in [0.5, 0.6) is 11.5 Å². The van der Waals surface area contributed by atoms with E-state index in [-0.39, 0.29) is 29.0 Å². The lowest BCUT2D eigenvalue weighted by molar-refractivity contribution is -0.120. The zero-order valence-electron chi connectivity index (χ0n) is 22.8. The summed E-state index contributed by atoms with van der Waals surface area (Å²) in [6.07, 6.45) is 0. The van der Waals surface area contributed by atoms with E-state index in [4.69, 9.17) is 21.9 Å². The molecule has 0 bridgehead atoms. The first-order chi connectivity index (χ1) is 20.9. The van der Waals surface area contributed by atoms with Gasteiger partial charge in [-0.1, -0.05) is 12.1 Å². The molecule has 0 unspecified atom stereocenters. The normalized spacial score (nSPS) is 12.0. The molecule has 0 radical (unpaired) electrons. The molecule has 0 saturated heterocycles. The second kappa shape index (κ2) is 16.0. The minimum atomic E-state index is -0.973. The molecule has 16 heteroatoms. The van der Waals surface area contributed by atoms with E-state index in [0.717, 1.165) is 40.9 Å². The Bertz CT molecular complexity index is 1480. The van der Waals surface area contributed by atoms with Crippen molar-refractivity contribution in [3.63, 3.8) is 0 Å². The summed E-state index contributed by atoms with van der Waals surface area (Å²) >= 11 is 2.31. The van der Waals surface area contributed by atoms with Gasteiger partial charge in [-0.05, 0) is 36.4 Å². The molecule has 0 aromatic heterocycles. The number of ether oxygens (including phenoxy) is 2. The van der Waals surface area contributed by atoms with E-state index in [1.54, 1.807) is 24.3 Å². The van der Waals surface area contributed by atoms with Gasteiger partial charge in [-0.15, -0.1) is 23.5 Å². The molecule has 3 aromatic carbocycles. The zero-order chi connectivity index (χ0) is 32.4. The maximum absolute atomic E-state index is 13.9. The van der Waals surface area contributed by atoms with Gasteiger partial charge in [0.2, 0.25) is 0 Å². The highest BCUT2D eigenvalue weighted by Crippen LogP contribution is 2.30. The van der Waals surface area contributed by atoms with Crippen molar-refractivity contribution in [2.75, 3.05) is 37.8 Å². The highest BCUT2D eigenvalue weighted by atomic mass is 32.2. The second-order valence-electron chi connectivity index (χ2n) is 8.74. The van der Waals surface area contributed by atoms with Crippen LogP contribution in [0, 0.1) is 23.3 Å². The molecular weight excluding hydrogens is 628 g/mol. The monoisotopic (exact) mass is 654 g/mol. The third-order valence-electron chi connectivity index (χ3n) is 5.51. The summed E-state index contributed by atoms with van der Waals surface area (Å²) in [5.41, 5.74) is 15.7. The molecule has 0 fully saturated rings. The summed E-state index contributed by atoms with van der Waals surface area (Å²) in [5.74, 6) is -6.58. The topological polar surface area (TPSA) is 168 Å². The highest BCUT2D eigenvalue weighted by molar-refractivity contribution is 7.99. The van der Waals surface area contributed by atoms with Gasteiger partial charge in [0.1, 0.15) is 0 Å². The Morgan fingerprint density at radius 3 is 1.45 bits per heavy atom. The van der Waals surface area contributed by atoms with E-state index in [1.807, 2.05) is 0 Å². The fraction of sp³-hybridized carbons (Fsp3) is 0.214. The van der Waals surface area contributed by atoms with Crippen molar-refractivity contribution in [2.24, 2.45) is 17.2 Å². The Labute approximate surface area is 257 Å². The average molecular weight is 655 g/mol. The number of fused-ring (bicyclic) bond motifs is 1. The summed E-state index contributed by atoms with van der Waals surface area (Å²) < 4.78 is 64.1. The molecule has 3 aromatic rings. The molecule has 234 valence electrons. The molecule has 1 aliphatic heterocycles. The zero-order valence-corrected chi connectivity index (χ0v) is 24.5. The van der Waals surface area contributed by atoms with E-state index < -0.39 is 59.8 Å². The molecule has 1 aliphatic rings. The van der Waals surface area contributed by atoms with Gasteiger partial charge < -0.3 is 26.7 Å². The Morgan fingerprint density at radius 1 is 0.705 bits per heavy atom. The molecule has 0 aliphatic carbocycles. The first-order valence-corrected chi connectivity index (χ1v) is 14.6. The van der Waals surface area contributed by atoms with E-state index in [0.29, 0.717) is 28.3 Å². The number of primary amides is 2. The number of rotatable bonds is 13. The van der Waals surface area contributed by atoms with Crippen LogP contribution in [0.2, 0.25) is 0 Å². The Kier molecular flexibility index (Phi) is 12.4. The van der Waals surface area contributed by atoms with Crippen LogP contribution in [0.1, 0.15) is 20.7 Å². The van der Waals surface area contributed by atoms with E-state index in [1.165, 1.54) is 11.8 Å². The van der Waals surface area contributed by atoms with Gasteiger partial charge >= 0.3 is 0 Å². The molecule has 0 spiro atoms. The fourth-order valence-electron chi connectivity index (χ4n) is 3.68. The summed E-state index contributed by atoms with van der Waals surface area (Å²) in [6, 6.07) is 10.9. The summed E-state index contributed by atoms with van der Waals surface area (Å²) in [4.78, 5) is 47.4. The van der Waals surface area contributed by atoms with Crippen molar-refractivity contribution in [3.05, 3.63) is 82.9 Å². The third kappa shape index (κ3) is 9.11. The van der Waals surface area contributed by atoms with Gasteiger partial charge in [0.15, 0.2) is 48.0 Å². The number of carbonyl (C=O) groups is 4. The van der Waals surface area contributed by atoms with Crippen molar-refractivity contribution in [3.8, 4) is 11.5 Å². The minimum Gasteiger partial charge on any atom is -0.478 e. The number of hydrogen-bond acceptors (Lipinski definition) is 9. The summed E-state index contributed by atoms with van der Waals surface area (Å²) in [6.45, 7) is -0.697. The lowest BCUT2D eigenvalue weighted by atomic mass is 10.1.